The topological polar surface area (TPSA) is 89.7 Å². The number of nitrogen functional groups attached to an aromatic ring is 1. The number of hydrogen-bond donors (Lipinski definition) is 2. The van der Waals surface area contributed by atoms with Crippen LogP contribution in [0.15, 0.2) is 6.20 Å². The molecule has 1 fully saturated rings. The molecule has 1 aliphatic heterocycles. The standard InChI is InChI=1S/C25H44N4O3Si/c1-16-14-29(21-17-11-10-12-19(17)27-13-18(21)26)15-20(28-23(30)31-24(2,3)4)22(16)32-33(8,9)25(5,6)7/h13,16,20,22H,10-12,14-15,26H2,1-9H3,(H,28,30)/t16-,20+,22+/m0/s1. The van der Waals surface area contributed by atoms with E-state index in [1.807, 2.05) is 20.8 Å². The van der Waals surface area contributed by atoms with Crippen LogP contribution >= 0.6 is 0 Å². The monoisotopic (exact) mass is 476 g/mol. The van der Waals surface area contributed by atoms with Crippen LogP contribution in [0, 0.1) is 5.92 Å². The lowest BCUT2D eigenvalue weighted by Crippen LogP contribution is -2.63. The number of nitrogens with zero attached hydrogens (tertiary/aromatic N) is 2. The lowest BCUT2D eigenvalue weighted by molar-refractivity contribution is 0.0336. The molecule has 0 spiro atoms. The second-order valence-electron chi connectivity index (χ2n) is 12.3. The smallest absolute Gasteiger partial charge is 0.408 e. The Morgan fingerprint density at radius 3 is 2.45 bits per heavy atom. The van der Waals surface area contributed by atoms with Gasteiger partial charge in [0.2, 0.25) is 0 Å². The van der Waals surface area contributed by atoms with Crippen molar-refractivity contribution < 1.29 is 14.0 Å². The molecule has 1 aliphatic carbocycles. The minimum atomic E-state index is -2.05. The maximum absolute atomic E-state index is 12.8. The van der Waals surface area contributed by atoms with Crippen LogP contribution < -0.4 is 16.0 Å². The minimum absolute atomic E-state index is 0.0800. The van der Waals surface area contributed by atoms with Crippen molar-refractivity contribution in [1.29, 1.82) is 0 Å². The van der Waals surface area contributed by atoms with Crippen molar-refractivity contribution >= 4 is 25.8 Å². The fraction of sp³-hybridized carbons (Fsp3) is 0.760. The third kappa shape index (κ3) is 5.83. The summed E-state index contributed by atoms with van der Waals surface area (Å²) in [4.78, 5) is 19.7. The SMILES string of the molecule is C[C@H]1CN(c2c(N)cnc3c2CCC3)C[C@@H](NC(=O)OC(C)(C)C)[C@@H]1O[Si](C)(C)C(C)(C)C. The van der Waals surface area contributed by atoms with Gasteiger partial charge in [-0.1, -0.05) is 27.7 Å². The van der Waals surface area contributed by atoms with Crippen molar-refractivity contribution in [2.24, 2.45) is 5.92 Å². The number of ether oxygens (including phenoxy) is 1. The molecule has 3 atom stereocenters. The van der Waals surface area contributed by atoms with Gasteiger partial charge in [-0.05, 0) is 63.7 Å². The van der Waals surface area contributed by atoms with Crippen LogP contribution in [0.5, 0.6) is 0 Å². The van der Waals surface area contributed by atoms with Crippen molar-refractivity contribution in [2.75, 3.05) is 23.7 Å². The van der Waals surface area contributed by atoms with E-state index in [1.165, 1.54) is 5.56 Å². The molecule has 0 radical (unpaired) electrons. The number of amides is 1. The Morgan fingerprint density at radius 1 is 1.18 bits per heavy atom. The van der Waals surface area contributed by atoms with Gasteiger partial charge < -0.3 is 25.1 Å². The Kier molecular flexibility index (Phi) is 7.12. The van der Waals surface area contributed by atoms with Crippen LogP contribution in [0.4, 0.5) is 16.2 Å². The van der Waals surface area contributed by atoms with Crippen LogP contribution in [0.1, 0.15) is 66.1 Å². The summed E-state index contributed by atoms with van der Waals surface area (Å²) in [6.07, 6.45) is 4.41. The molecule has 1 aromatic rings. The molecule has 8 heteroatoms. The average molecular weight is 477 g/mol. The van der Waals surface area contributed by atoms with Crippen LogP contribution in [-0.2, 0) is 22.0 Å². The summed E-state index contributed by atoms with van der Waals surface area (Å²) in [5, 5.41) is 3.23. The summed E-state index contributed by atoms with van der Waals surface area (Å²) in [6.45, 7) is 20.6. The number of aromatic nitrogens is 1. The van der Waals surface area contributed by atoms with Gasteiger partial charge in [-0.15, -0.1) is 0 Å². The zero-order valence-electron chi connectivity index (χ0n) is 22.0. The molecule has 3 rings (SSSR count). The van der Waals surface area contributed by atoms with E-state index in [0.29, 0.717) is 12.2 Å². The largest absolute Gasteiger partial charge is 0.444 e. The quantitative estimate of drug-likeness (QED) is 0.601. The molecule has 1 amide bonds. The lowest BCUT2D eigenvalue weighted by Gasteiger charge is -2.49. The predicted octanol–water partition coefficient (Wildman–Crippen LogP) is 4.89. The summed E-state index contributed by atoms with van der Waals surface area (Å²) in [5.74, 6) is 0.206. The van der Waals surface area contributed by atoms with E-state index in [4.69, 9.17) is 14.9 Å². The Labute approximate surface area is 200 Å². The van der Waals surface area contributed by atoms with Crippen LogP contribution in [-0.4, -0.2) is 50.2 Å². The highest BCUT2D eigenvalue weighted by Gasteiger charge is 2.45. The number of rotatable bonds is 4. The number of anilines is 2. The molecule has 186 valence electrons. The maximum Gasteiger partial charge on any atom is 0.408 e. The third-order valence-corrected chi connectivity index (χ3v) is 11.7. The van der Waals surface area contributed by atoms with Gasteiger partial charge in [-0.2, -0.15) is 0 Å². The summed E-state index contributed by atoms with van der Waals surface area (Å²) >= 11 is 0. The van der Waals surface area contributed by atoms with Crippen LogP contribution in [0.25, 0.3) is 0 Å². The minimum Gasteiger partial charge on any atom is -0.444 e. The van der Waals surface area contributed by atoms with Gasteiger partial charge in [0, 0.05) is 24.7 Å². The number of carbonyl (C=O) groups excluding carboxylic acids is 1. The molecule has 33 heavy (non-hydrogen) atoms. The summed E-state index contributed by atoms with van der Waals surface area (Å²) in [7, 11) is -2.05. The fourth-order valence-corrected chi connectivity index (χ4v) is 6.06. The number of hydrogen-bond acceptors (Lipinski definition) is 6. The first-order chi connectivity index (χ1) is 15.1. The van der Waals surface area contributed by atoms with E-state index >= 15 is 0 Å². The van der Waals surface area contributed by atoms with Gasteiger partial charge in [0.1, 0.15) is 5.60 Å². The number of carbonyl (C=O) groups is 1. The molecule has 3 N–H and O–H groups in total. The number of pyridine rings is 1. The summed E-state index contributed by atoms with van der Waals surface area (Å²) < 4.78 is 12.5. The molecule has 2 heterocycles. The molecular weight excluding hydrogens is 432 g/mol. The first kappa shape index (κ1) is 25.8. The van der Waals surface area contributed by atoms with E-state index in [-0.39, 0.29) is 23.1 Å². The second-order valence-corrected chi connectivity index (χ2v) is 17.1. The number of piperidine rings is 1. The van der Waals surface area contributed by atoms with Gasteiger partial charge in [-0.3, -0.25) is 4.98 Å². The summed E-state index contributed by atoms with van der Waals surface area (Å²) in [6, 6.07) is -0.206. The molecule has 0 unspecified atom stereocenters. The van der Waals surface area contributed by atoms with Gasteiger partial charge in [0.25, 0.3) is 0 Å². The first-order valence-corrected chi connectivity index (χ1v) is 15.2. The van der Waals surface area contributed by atoms with Gasteiger partial charge in [-0.25, -0.2) is 4.79 Å². The maximum atomic E-state index is 12.8. The average Bonchev–Trinajstić information content (AvgIpc) is 3.10. The van der Waals surface area contributed by atoms with Gasteiger partial charge in [0.05, 0.1) is 29.7 Å². The van der Waals surface area contributed by atoms with Crippen LogP contribution in [0.3, 0.4) is 0 Å². The molecule has 2 aliphatic rings. The first-order valence-electron chi connectivity index (χ1n) is 12.3. The zero-order chi connectivity index (χ0) is 24.8. The van der Waals surface area contributed by atoms with E-state index in [9.17, 15) is 4.79 Å². The Bertz CT molecular complexity index is 876. The Hall–Kier alpha value is -1.80. The highest BCUT2D eigenvalue weighted by molar-refractivity contribution is 6.74. The molecular formula is C25H44N4O3Si. The number of nitrogens with two attached hydrogens (primary N) is 1. The van der Waals surface area contributed by atoms with Crippen molar-refractivity contribution in [3.8, 4) is 0 Å². The highest BCUT2D eigenvalue weighted by atomic mass is 28.4. The van der Waals surface area contributed by atoms with Crippen molar-refractivity contribution in [3.63, 3.8) is 0 Å². The van der Waals surface area contributed by atoms with Crippen molar-refractivity contribution in [1.82, 2.24) is 10.3 Å². The highest BCUT2D eigenvalue weighted by Crippen LogP contribution is 2.41. The number of aryl methyl sites for hydroxylation is 1. The molecule has 7 nitrogen and oxygen atoms in total. The summed E-state index contributed by atoms with van der Waals surface area (Å²) in [5.41, 5.74) is 10.1. The molecule has 1 saturated heterocycles. The van der Waals surface area contributed by atoms with Crippen LogP contribution in [0.2, 0.25) is 18.1 Å². The predicted molar refractivity (Wildman–Crippen MR) is 137 cm³/mol. The Balaban J connectivity index is 1.92. The number of nitrogens with one attached hydrogen (secondary N) is 1. The lowest BCUT2D eigenvalue weighted by atomic mass is 9.91. The van der Waals surface area contributed by atoms with Gasteiger partial charge >= 0.3 is 6.09 Å². The van der Waals surface area contributed by atoms with Crippen molar-refractivity contribution in [2.45, 2.75) is 104 Å². The molecule has 0 aromatic carbocycles. The van der Waals surface area contributed by atoms with Gasteiger partial charge in [0.15, 0.2) is 8.32 Å². The van der Waals surface area contributed by atoms with Crippen molar-refractivity contribution in [3.05, 3.63) is 17.5 Å². The third-order valence-electron chi connectivity index (χ3n) is 7.25. The molecule has 1 aromatic heterocycles. The van der Waals surface area contributed by atoms with E-state index in [1.54, 1.807) is 6.20 Å². The normalized spacial score (nSPS) is 23.9. The second kappa shape index (κ2) is 9.10. The zero-order valence-corrected chi connectivity index (χ0v) is 23.0. The molecule has 0 bridgehead atoms. The van der Waals surface area contributed by atoms with E-state index in [0.717, 1.165) is 37.2 Å². The molecule has 0 saturated carbocycles. The fourth-order valence-electron chi connectivity index (χ4n) is 4.63. The van der Waals surface area contributed by atoms with E-state index < -0.39 is 20.0 Å². The number of alkyl carbamates (subject to hydrolysis) is 1. The van der Waals surface area contributed by atoms with E-state index in [2.05, 4.69) is 56.0 Å². The number of fused-ring (bicyclic) bond motifs is 1. The Morgan fingerprint density at radius 2 is 1.85 bits per heavy atom.